The fourth-order valence-corrected chi connectivity index (χ4v) is 3.79. The maximum atomic E-state index is 12.4. The van der Waals surface area contributed by atoms with E-state index in [-0.39, 0.29) is 17.2 Å². The van der Waals surface area contributed by atoms with Gasteiger partial charge in [-0.25, -0.2) is 13.6 Å². The van der Waals surface area contributed by atoms with Crippen LogP contribution in [0.4, 0.5) is 5.69 Å². The third-order valence-electron chi connectivity index (χ3n) is 4.13. The molecule has 0 radical (unpaired) electrons. The minimum atomic E-state index is -4.02. The molecule has 3 rings (SSSR count). The molecule has 10 heteroatoms. The van der Waals surface area contributed by atoms with Crippen LogP contribution in [0.5, 0.6) is 0 Å². The Morgan fingerprint density at radius 2 is 2.07 bits per heavy atom. The fourth-order valence-electron chi connectivity index (χ4n) is 2.83. The minimum Gasteiger partial charge on any atom is -0.383 e. The molecular formula is C18H19ClN4O4S. The molecule has 1 aromatic heterocycles. The van der Waals surface area contributed by atoms with Gasteiger partial charge in [0.05, 0.1) is 36.2 Å². The molecule has 0 saturated heterocycles. The number of ether oxygens (including phenoxy) is 1. The second kappa shape index (κ2) is 8.27. The van der Waals surface area contributed by atoms with E-state index >= 15 is 0 Å². The molecule has 3 N–H and O–H groups in total. The van der Waals surface area contributed by atoms with Crippen LogP contribution in [0.3, 0.4) is 0 Å². The number of carbonyl (C=O) groups is 1. The van der Waals surface area contributed by atoms with Gasteiger partial charge in [-0.05, 0) is 23.8 Å². The number of hydrogen-bond acceptors (Lipinski definition) is 5. The largest absolute Gasteiger partial charge is 0.383 e. The Labute approximate surface area is 167 Å². The molecule has 1 heterocycles. The van der Waals surface area contributed by atoms with Crippen molar-refractivity contribution in [2.75, 3.05) is 19.0 Å². The molecule has 0 bridgehead atoms. The first-order valence-corrected chi connectivity index (χ1v) is 10.3. The number of halogens is 1. The summed E-state index contributed by atoms with van der Waals surface area (Å²) in [5, 5.41) is 13.1. The van der Waals surface area contributed by atoms with Gasteiger partial charge in [0.15, 0.2) is 0 Å². The van der Waals surface area contributed by atoms with Crippen molar-refractivity contribution in [1.29, 1.82) is 0 Å². The molecular weight excluding hydrogens is 404 g/mol. The molecule has 0 aliphatic rings. The maximum Gasteiger partial charge on any atom is 0.238 e. The van der Waals surface area contributed by atoms with Gasteiger partial charge in [0.2, 0.25) is 15.9 Å². The first-order valence-electron chi connectivity index (χ1n) is 8.34. The van der Waals surface area contributed by atoms with E-state index in [0.29, 0.717) is 40.3 Å². The lowest BCUT2D eigenvalue weighted by atomic mass is 10.1. The van der Waals surface area contributed by atoms with Crippen LogP contribution in [0.2, 0.25) is 5.02 Å². The molecule has 148 valence electrons. The van der Waals surface area contributed by atoms with Gasteiger partial charge in [0.25, 0.3) is 0 Å². The number of nitrogens with two attached hydrogens (primary N) is 1. The lowest BCUT2D eigenvalue weighted by Crippen LogP contribution is -2.17. The Balaban J connectivity index is 1.96. The van der Waals surface area contributed by atoms with Crippen LogP contribution in [0.1, 0.15) is 5.56 Å². The summed E-state index contributed by atoms with van der Waals surface area (Å²) >= 11 is 6.09. The second-order valence-electron chi connectivity index (χ2n) is 6.13. The highest BCUT2D eigenvalue weighted by atomic mass is 35.5. The number of anilines is 1. The van der Waals surface area contributed by atoms with Crippen LogP contribution in [-0.4, -0.2) is 37.8 Å². The van der Waals surface area contributed by atoms with E-state index in [9.17, 15) is 13.2 Å². The van der Waals surface area contributed by atoms with Crippen LogP contribution in [0.25, 0.3) is 10.9 Å². The highest BCUT2D eigenvalue weighted by molar-refractivity contribution is 7.89. The Hall–Kier alpha value is -2.46. The molecule has 2 aromatic carbocycles. The summed E-state index contributed by atoms with van der Waals surface area (Å²) < 4.78 is 30.7. The number of carbonyl (C=O) groups excluding carboxylic acids is 1. The van der Waals surface area contributed by atoms with Gasteiger partial charge in [-0.2, -0.15) is 5.10 Å². The number of primary sulfonamides is 1. The van der Waals surface area contributed by atoms with Crippen LogP contribution < -0.4 is 10.5 Å². The fraction of sp³-hybridized carbons (Fsp3) is 0.222. The van der Waals surface area contributed by atoms with E-state index in [1.807, 2.05) is 0 Å². The first-order chi connectivity index (χ1) is 13.3. The molecule has 0 spiro atoms. The topological polar surface area (TPSA) is 116 Å². The number of nitrogens with zero attached hydrogens (tertiary/aromatic N) is 2. The van der Waals surface area contributed by atoms with Crippen molar-refractivity contribution < 1.29 is 17.9 Å². The van der Waals surface area contributed by atoms with Gasteiger partial charge < -0.3 is 10.1 Å². The molecule has 0 unspecified atom stereocenters. The smallest absolute Gasteiger partial charge is 0.238 e. The van der Waals surface area contributed by atoms with Crippen LogP contribution in [0.15, 0.2) is 47.5 Å². The summed E-state index contributed by atoms with van der Waals surface area (Å²) in [6.07, 6.45) is 1.48. The zero-order valence-corrected chi connectivity index (χ0v) is 16.6. The number of aromatic nitrogens is 2. The third kappa shape index (κ3) is 4.50. The molecule has 8 nitrogen and oxygen atoms in total. The van der Waals surface area contributed by atoms with Gasteiger partial charge in [-0.15, -0.1) is 0 Å². The number of sulfonamides is 1. The minimum absolute atomic E-state index is 0.0470. The van der Waals surface area contributed by atoms with E-state index in [1.54, 1.807) is 42.1 Å². The third-order valence-corrected chi connectivity index (χ3v) is 5.45. The van der Waals surface area contributed by atoms with Crippen molar-refractivity contribution in [3.8, 4) is 0 Å². The Bertz CT molecular complexity index is 1130. The molecule has 28 heavy (non-hydrogen) atoms. The summed E-state index contributed by atoms with van der Waals surface area (Å²) in [4.78, 5) is 12.3. The van der Waals surface area contributed by atoms with Gasteiger partial charge in [0, 0.05) is 23.2 Å². The van der Waals surface area contributed by atoms with Crippen molar-refractivity contribution in [1.82, 2.24) is 9.78 Å². The Morgan fingerprint density at radius 1 is 1.32 bits per heavy atom. The predicted octanol–water partition coefficient (Wildman–Crippen LogP) is 2.16. The van der Waals surface area contributed by atoms with E-state index in [1.165, 1.54) is 12.3 Å². The van der Waals surface area contributed by atoms with Crippen molar-refractivity contribution in [3.63, 3.8) is 0 Å². The Kier molecular flexibility index (Phi) is 5.99. The quantitative estimate of drug-likeness (QED) is 0.605. The summed E-state index contributed by atoms with van der Waals surface area (Å²) in [5.74, 6) is -0.337. The maximum absolute atomic E-state index is 12.4. The second-order valence-corrected chi connectivity index (χ2v) is 8.07. The highest BCUT2D eigenvalue weighted by Gasteiger charge is 2.18. The molecule has 1 amide bonds. The lowest BCUT2D eigenvalue weighted by Gasteiger charge is -2.10. The van der Waals surface area contributed by atoms with Gasteiger partial charge in [-0.1, -0.05) is 29.8 Å². The average molecular weight is 423 g/mol. The predicted molar refractivity (Wildman–Crippen MR) is 107 cm³/mol. The summed E-state index contributed by atoms with van der Waals surface area (Å²) in [7, 11) is -2.46. The molecule has 0 saturated carbocycles. The van der Waals surface area contributed by atoms with Crippen LogP contribution in [-0.2, 0) is 32.5 Å². The first kappa shape index (κ1) is 20.3. The number of benzene rings is 2. The van der Waals surface area contributed by atoms with Gasteiger partial charge >= 0.3 is 0 Å². The monoisotopic (exact) mass is 422 g/mol. The van der Waals surface area contributed by atoms with E-state index in [4.69, 9.17) is 21.5 Å². The summed E-state index contributed by atoms with van der Waals surface area (Å²) in [5.41, 5.74) is 1.49. The highest BCUT2D eigenvalue weighted by Crippen LogP contribution is 2.27. The number of fused-ring (bicyclic) bond motifs is 1. The number of rotatable bonds is 7. The van der Waals surface area contributed by atoms with Crippen molar-refractivity contribution in [2.45, 2.75) is 17.9 Å². The average Bonchev–Trinajstić information content (AvgIpc) is 3.03. The van der Waals surface area contributed by atoms with Crippen LogP contribution >= 0.6 is 11.6 Å². The molecule has 0 atom stereocenters. The van der Waals surface area contributed by atoms with Crippen molar-refractivity contribution >= 4 is 44.1 Å². The standard InChI is InChI=1S/C18H19ClN4O4S/c1-27-7-6-23-16-9-13(10-17(28(20,25)26)14(16)11-21-23)22-18(24)8-12-4-2-3-5-15(12)19/h2-5,9-11H,6-8H2,1H3,(H,22,24)(H2,20,25,26). The van der Waals surface area contributed by atoms with Gasteiger partial charge in [-0.3, -0.25) is 9.48 Å². The number of amides is 1. The summed E-state index contributed by atoms with van der Waals surface area (Å²) in [6, 6.07) is 9.98. The lowest BCUT2D eigenvalue weighted by molar-refractivity contribution is -0.115. The van der Waals surface area contributed by atoms with E-state index in [0.717, 1.165) is 0 Å². The van der Waals surface area contributed by atoms with E-state index in [2.05, 4.69) is 10.4 Å². The zero-order chi connectivity index (χ0) is 20.3. The molecule has 3 aromatic rings. The van der Waals surface area contributed by atoms with E-state index < -0.39 is 10.0 Å². The molecule has 0 aliphatic heterocycles. The Morgan fingerprint density at radius 3 is 2.75 bits per heavy atom. The van der Waals surface area contributed by atoms with Crippen LogP contribution in [0, 0.1) is 0 Å². The normalized spacial score (nSPS) is 11.7. The van der Waals surface area contributed by atoms with Gasteiger partial charge in [0.1, 0.15) is 0 Å². The number of methoxy groups -OCH3 is 1. The van der Waals surface area contributed by atoms with Crippen molar-refractivity contribution in [2.24, 2.45) is 5.14 Å². The molecule has 0 fully saturated rings. The number of nitrogens with one attached hydrogen (secondary N) is 1. The summed E-state index contributed by atoms with van der Waals surface area (Å²) in [6.45, 7) is 0.811. The molecule has 0 aliphatic carbocycles. The number of hydrogen-bond donors (Lipinski definition) is 2. The van der Waals surface area contributed by atoms with Crippen molar-refractivity contribution in [3.05, 3.63) is 53.2 Å². The zero-order valence-electron chi connectivity index (χ0n) is 15.1. The SMILES string of the molecule is COCCn1ncc2c(S(N)(=O)=O)cc(NC(=O)Cc3ccccc3Cl)cc21.